The second-order valence-electron chi connectivity index (χ2n) is 3.81. The minimum absolute atomic E-state index is 0.163. The third-order valence-electron chi connectivity index (χ3n) is 2.36. The number of thioether (sulfide) groups is 1. The standard InChI is InChI=1S/C11H12FN5OS/c1-7(19-11-14-15-16-17(11)2)10(18)13-9-6-4-3-5-8(9)12/h3-7H,1-2H3,(H,13,18). The predicted molar refractivity (Wildman–Crippen MR) is 69.1 cm³/mol. The molecule has 1 amide bonds. The molecule has 1 N–H and O–H groups in total. The van der Waals surface area contributed by atoms with Gasteiger partial charge < -0.3 is 5.32 Å². The van der Waals surface area contributed by atoms with Gasteiger partial charge >= 0.3 is 0 Å². The molecular weight excluding hydrogens is 269 g/mol. The largest absolute Gasteiger partial charge is 0.323 e. The molecule has 1 aromatic heterocycles. The molecule has 0 fully saturated rings. The number of hydrogen-bond acceptors (Lipinski definition) is 5. The molecule has 1 aromatic carbocycles. The minimum atomic E-state index is -0.464. The van der Waals surface area contributed by atoms with Gasteiger partial charge in [0, 0.05) is 7.05 Å². The van der Waals surface area contributed by atoms with Gasteiger partial charge in [0.2, 0.25) is 11.1 Å². The van der Waals surface area contributed by atoms with E-state index < -0.39 is 11.1 Å². The summed E-state index contributed by atoms with van der Waals surface area (Å²) in [5, 5.41) is 13.5. The Kier molecular flexibility index (Phi) is 4.10. The van der Waals surface area contributed by atoms with Crippen LogP contribution in [-0.2, 0) is 11.8 Å². The fourth-order valence-electron chi connectivity index (χ4n) is 1.33. The number of tetrazole rings is 1. The monoisotopic (exact) mass is 281 g/mol. The van der Waals surface area contributed by atoms with Crippen molar-refractivity contribution in [2.24, 2.45) is 7.05 Å². The Labute approximate surface area is 113 Å². The van der Waals surface area contributed by atoms with E-state index in [4.69, 9.17) is 0 Å². The number of anilines is 1. The van der Waals surface area contributed by atoms with E-state index in [1.807, 2.05) is 0 Å². The highest BCUT2D eigenvalue weighted by atomic mass is 32.2. The summed E-state index contributed by atoms with van der Waals surface area (Å²) in [5.74, 6) is -0.772. The first-order valence-corrected chi connectivity index (χ1v) is 6.40. The number of nitrogens with zero attached hydrogens (tertiary/aromatic N) is 4. The van der Waals surface area contributed by atoms with Gasteiger partial charge in [0.15, 0.2) is 0 Å². The molecular formula is C11H12FN5OS. The molecule has 0 radical (unpaired) electrons. The second kappa shape index (κ2) is 5.79. The Bertz CT molecular complexity index is 588. The SMILES string of the molecule is CC(Sc1nnnn1C)C(=O)Nc1ccccc1F. The van der Waals surface area contributed by atoms with Crippen LogP contribution in [0.3, 0.4) is 0 Å². The minimum Gasteiger partial charge on any atom is -0.323 e. The molecule has 1 unspecified atom stereocenters. The van der Waals surface area contributed by atoms with Gasteiger partial charge in [0.05, 0.1) is 10.9 Å². The normalized spacial score (nSPS) is 12.2. The number of benzene rings is 1. The fraction of sp³-hybridized carbons (Fsp3) is 0.273. The summed E-state index contributed by atoms with van der Waals surface area (Å²) in [6, 6.07) is 6.02. The van der Waals surface area contributed by atoms with Gasteiger partial charge in [-0.3, -0.25) is 4.79 Å². The van der Waals surface area contributed by atoms with Crippen molar-refractivity contribution in [3.63, 3.8) is 0 Å². The Morgan fingerprint density at radius 3 is 2.84 bits per heavy atom. The molecule has 1 atom stereocenters. The lowest BCUT2D eigenvalue weighted by Crippen LogP contribution is -2.23. The van der Waals surface area contributed by atoms with Crippen LogP contribution in [0.4, 0.5) is 10.1 Å². The molecule has 0 saturated carbocycles. The van der Waals surface area contributed by atoms with Crippen LogP contribution in [0.5, 0.6) is 0 Å². The van der Waals surface area contributed by atoms with Gasteiger partial charge in [0.25, 0.3) is 0 Å². The average molecular weight is 281 g/mol. The fourth-order valence-corrected chi connectivity index (χ4v) is 2.08. The Hall–Kier alpha value is -1.96. The van der Waals surface area contributed by atoms with Crippen molar-refractivity contribution in [3.8, 4) is 0 Å². The summed E-state index contributed by atoms with van der Waals surface area (Å²) in [6.45, 7) is 1.70. The third kappa shape index (κ3) is 3.28. The molecule has 0 aliphatic heterocycles. The molecule has 0 aliphatic carbocycles. The van der Waals surface area contributed by atoms with E-state index in [9.17, 15) is 9.18 Å². The quantitative estimate of drug-likeness (QED) is 0.859. The van der Waals surface area contributed by atoms with Crippen LogP contribution >= 0.6 is 11.8 Å². The lowest BCUT2D eigenvalue weighted by atomic mass is 10.3. The summed E-state index contributed by atoms with van der Waals surface area (Å²) in [7, 11) is 1.68. The van der Waals surface area contributed by atoms with E-state index in [1.54, 1.807) is 26.1 Å². The summed E-state index contributed by atoms with van der Waals surface area (Å²) in [4.78, 5) is 11.9. The molecule has 1 heterocycles. The van der Waals surface area contributed by atoms with E-state index in [2.05, 4.69) is 20.8 Å². The second-order valence-corrected chi connectivity index (χ2v) is 5.12. The van der Waals surface area contributed by atoms with Crippen molar-refractivity contribution in [2.75, 3.05) is 5.32 Å². The van der Waals surface area contributed by atoms with Crippen LogP contribution in [-0.4, -0.2) is 31.4 Å². The van der Waals surface area contributed by atoms with Crippen LogP contribution in [0.25, 0.3) is 0 Å². The van der Waals surface area contributed by atoms with E-state index in [-0.39, 0.29) is 11.6 Å². The van der Waals surface area contributed by atoms with Crippen molar-refractivity contribution >= 4 is 23.4 Å². The number of amides is 1. The zero-order valence-corrected chi connectivity index (χ0v) is 11.2. The van der Waals surface area contributed by atoms with E-state index in [1.165, 1.54) is 28.6 Å². The van der Waals surface area contributed by atoms with Crippen molar-refractivity contribution < 1.29 is 9.18 Å². The van der Waals surface area contributed by atoms with Gasteiger partial charge in [-0.25, -0.2) is 9.07 Å². The molecule has 2 rings (SSSR count). The molecule has 0 aliphatic rings. The van der Waals surface area contributed by atoms with Gasteiger partial charge in [-0.1, -0.05) is 23.9 Å². The number of aryl methyl sites for hydroxylation is 1. The molecule has 100 valence electrons. The predicted octanol–water partition coefficient (Wildman–Crippen LogP) is 1.47. The van der Waals surface area contributed by atoms with Crippen molar-refractivity contribution in [2.45, 2.75) is 17.3 Å². The molecule has 8 heteroatoms. The van der Waals surface area contributed by atoms with Gasteiger partial charge in [0.1, 0.15) is 5.82 Å². The van der Waals surface area contributed by atoms with Crippen molar-refractivity contribution in [1.29, 1.82) is 0 Å². The number of rotatable bonds is 4. The van der Waals surface area contributed by atoms with E-state index in [0.29, 0.717) is 5.16 Å². The van der Waals surface area contributed by atoms with Gasteiger partial charge in [-0.15, -0.1) is 5.10 Å². The first-order chi connectivity index (χ1) is 9.08. The Morgan fingerprint density at radius 2 is 2.21 bits per heavy atom. The van der Waals surface area contributed by atoms with Crippen LogP contribution in [0.15, 0.2) is 29.4 Å². The third-order valence-corrected chi connectivity index (χ3v) is 3.49. The highest BCUT2D eigenvalue weighted by molar-refractivity contribution is 8.00. The van der Waals surface area contributed by atoms with E-state index in [0.717, 1.165) is 0 Å². The maximum absolute atomic E-state index is 13.4. The maximum atomic E-state index is 13.4. The smallest absolute Gasteiger partial charge is 0.237 e. The molecule has 0 spiro atoms. The Morgan fingerprint density at radius 1 is 1.47 bits per heavy atom. The molecule has 2 aromatic rings. The van der Waals surface area contributed by atoms with Crippen molar-refractivity contribution in [3.05, 3.63) is 30.1 Å². The molecule has 19 heavy (non-hydrogen) atoms. The zero-order chi connectivity index (χ0) is 13.8. The summed E-state index contributed by atoms with van der Waals surface area (Å²) in [6.07, 6.45) is 0. The van der Waals surface area contributed by atoms with E-state index >= 15 is 0 Å². The topological polar surface area (TPSA) is 72.7 Å². The van der Waals surface area contributed by atoms with Gasteiger partial charge in [-0.2, -0.15) is 0 Å². The molecule has 0 bridgehead atoms. The number of aromatic nitrogens is 4. The van der Waals surface area contributed by atoms with Crippen LogP contribution in [0.1, 0.15) is 6.92 Å². The van der Waals surface area contributed by atoms with Crippen LogP contribution in [0, 0.1) is 5.82 Å². The first kappa shape index (κ1) is 13.5. The number of halogens is 1. The summed E-state index contributed by atoms with van der Waals surface area (Å²) in [5.41, 5.74) is 0.163. The number of carbonyl (C=O) groups is 1. The number of carbonyl (C=O) groups excluding carboxylic acids is 1. The van der Waals surface area contributed by atoms with Crippen LogP contribution in [0.2, 0.25) is 0 Å². The summed E-state index contributed by atoms with van der Waals surface area (Å²) < 4.78 is 14.9. The average Bonchev–Trinajstić information content (AvgIpc) is 2.78. The zero-order valence-electron chi connectivity index (χ0n) is 10.4. The maximum Gasteiger partial charge on any atom is 0.237 e. The molecule has 6 nitrogen and oxygen atoms in total. The van der Waals surface area contributed by atoms with Gasteiger partial charge in [-0.05, 0) is 29.5 Å². The van der Waals surface area contributed by atoms with Crippen molar-refractivity contribution in [1.82, 2.24) is 20.2 Å². The molecule has 0 saturated heterocycles. The highest BCUT2D eigenvalue weighted by Crippen LogP contribution is 2.21. The number of hydrogen-bond donors (Lipinski definition) is 1. The Balaban J connectivity index is 2.00. The lowest BCUT2D eigenvalue weighted by Gasteiger charge is -2.11. The number of para-hydroxylation sites is 1. The lowest BCUT2D eigenvalue weighted by molar-refractivity contribution is -0.115. The summed E-state index contributed by atoms with van der Waals surface area (Å²) >= 11 is 1.20. The highest BCUT2D eigenvalue weighted by Gasteiger charge is 2.18. The van der Waals surface area contributed by atoms with Crippen LogP contribution < -0.4 is 5.32 Å². The number of nitrogens with one attached hydrogen (secondary N) is 1. The first-order valence-electron chi connectivity index (χ1n) is 5.52.